The van der Waals surface area contributed by atoms with E-state index in [4.69, 9.17) is 5.73 Å². The lowest BCUT2D eigenvalue weighted by Crippen LogP contribution is -2.50. The molecule has 0 spiro atoms. The summed E-state index contributed by atoms with van der Waals surface area (Å²) >= 11 is 0. The van der Waals surface area contributed by atoms with Crippen LogP contribution in [-0.4, -0.2) is 49.3 Å². The summed E-state index contributed by atoms with van der Waals surface area (Å²) in [6.07, 6.45) is -3.57. The molecule has 0 bridgehead atoms. The summed E-state index contributed by atoms with van der Waals surface area (Å²) in [5, 5.41) is 0. The standard InChI is InChI=1S/C10H17F3N2O2/c1-7-2-8(14)4-15(3-7)9(16)5-17-6-10(11,12)13/h7-8H,2-6,14H2,1H3. The average molecular weight is 254 g/mol. The van der Waals surface area contributed by atoms with E-state index < -0.39 is 25.3 Å². The Morgan fingerprint density at radius 3 is 2.65 bits per heavy atom. The van der Waals surface area contributed by atoms with E-state index in [0.717, 1.165) is 6.42 Å². The minimum atomic E-state index is -4.40. The molecular formula is C10H17F3N2O2. The van der Waals surface area contributed by atoms with Crippen LogP contribution in [0.3, 0.4) is 0 Å². The van der Waals surface area contributed by atoms with Gasteiger partial charge in [-0.1, -0.05) is 6.92 Å². The summed E-state index contributed by atoms with van der Waals surface area (Å²) in [6, 6.07) is -0.106. The lowest BCUT2D eigenvalue weighted by atomic mass is 9.97. The Morgan fingerprint density at radius 2 is 2.12 bits per heavy atom. The Labute approximate surface area is 97.9 Å². The summed E-state index contributed by atoms with van der Waals surface area (Å²) < 4.78 is 39.7. The van der Waals surface area contributed by atoms with Crippen molar-refractivity contribution in [3.8, 4) is 0 Å². The fraction of sp³-hybridized carbons (Fsp3) is 0.900. The highest BCUT2D eigenvalue weighted by Crippen LogP contribution is 2.16. The maximum Gasteiger partial charge on any atom is 0.411 e. The first-order valence-electron chi connectivity index (χ1n) is 5.46. The van der Waals surface area contributed by atoms with Crippen LogP contribution in [0.25, 0.3) is 0 Å². The molecule has 0 radical (unpaired) electrons. The number of hydrogen-bond donors (Lipinski definition) is 1. The fourth-order valence-corrected chi connectivity index (χ4v) is 1.95. The Balaban J connectivity index is 2.32. The molecule has 2 N–H and O–H groups in total. The van der Waals surface area contributed by atoms with Gasteiger partial charge in [-0.2, -0.15) is 13.2 Å². The number of alkyl halides is 3. The Morgan fingerprint density at radius 1 is 1.47 bits per heavy atom. The molecule has 4 nitrogen and oxygen atoms in total. The second-order valence-corrected chi connectivity index (χ2v) is 4.51. The van der Waals surface area contributed by atoms with Gasteiger partial charge in [0, 0.05) is 19.1 Å². The van der Waals surface area contributed by atoms with Crippen molar-refractivity contribution in [2.24, 2.45) is 11.7 Å². The molecule has 2 atom stereocenters. The van der Waals surface area contributed by atoms with Gasteiger partial charge in [-0.15, -0.1) is 0 Å². The lowest BCUT2D eigenvalue weighted by molar-refractivity contribution is -0.178. The van der Waals surface area contributed by atoms with Crippen LogP contribution in [0.5, 0.6) is 0 Å². The lowest BCUT2D eigenvalue weighted by Gasteiger charge is -2.34. The van der Waals surface area contributed by atoms with E-state index in [0.29, 0.717) is 13.1 Å². The normalized spacial score (nSPS) is 26.1. The predicted molar refractivity (Wildman–Crippen MR) is 55.2 cm³/mol. The topological polar surface area (TPSA) is 55.6 Å². The van der Waals surface area contributed by atoms with Gasteiger partial charge in [-0.05, 0) is 12.3 Å². The summed E-state index contributed by atoms with van der Waals surface area (Å²) in [5.41, 5.74) is 5.74. The van der Waals surface area contributed by atoms with Crippen molar-refractivity contribution in [3.05, 3.63) is 0 Å². The molecule has 100 valence electrons. The molecule has 1 fully saturated rings. The number of nitrogens with two attached hydrogens (primary N) is 1. The Bertz CT molecular complexity index is 261. The van der Waals surface area contributed by atoms with E-state index in [1.807, 2.05) is 6.92 Å². The van der Waals surface area contributed by atoms with Crippen LogP contribution in [0.15, 0.2) is 0 Å². The number of likely N-dealkylation sites (tertiary alicyclic amines) is 1. The van der Waals surface area contributed by atoms with Crippen molar-refractivity contribution in [2.75, 3.05) is 26.3 Å². The number of carbonyl (C=O) groups is 1. The van der Waals surface area contributed by atoms with Gasteiger partial charge in [0.15, 0.2) is 0 Å². The average Bonchev–Trinajstić information content (AvgIpc) is 2.13. The number of amides is 1. The van der Waals surface area contributed by atoms with Crippen LogP contribution in [0, 0.1) is 5.92 Å². The van der Waals surface area contributed by atoms with Crippen molar-refractivity contribution in [3.63, 3.8) is 0 Å². The first kappa shape index (κ1) is 14.2. The van der Waals surface area contributed by atoms with Gasteiger partial charge in [-0.25, -0.2) is 0 Å². The summed E-state index contributed by atoms with van der Waals surface area (Å²) in [4.78, 5) is 13.0. The number of nitrogens with zero attached hydrogens (tertiary/aromatic N) is 1. The molecule has 17 heavy (non-hydrogen) atoms. The number of hydrogen-bond acceptors (Lipinski definition) is 3. The zero-order chi connectivity index (χ0) is 13.1. The maximum absolute atomic E-state index is 11.8. The molecule has 1 rings (SSSR count). The van der Waals surface area contributed by atoms with Crippen LogP contribution < -0.4 is 5.73 Å². The van der Waals surface area contributed by atoms with Crippen LogP contribution in [0.2, 0.25) is 0 Å². The van der Waals surface area contributed by atoms with E-state index in [1.165, 1.54) is 4.90 Å². The third-order valence-corrected chi connectivity index (χ3v) is 2.54. The van der Waals surface area contributed by atoms with E-state index in [9.17, 15) is 18.0 Å². The number of piperidine rings is 1. The van der Waals surface area contributed by atoms with Gasteiger partial charge in [0.1, 0.15) is 13.2 Å². The molecule has 2 unspecified atom stereocenters. The molecule has 1 amide bonds. The van der Waals surface area contributed by atoms with Gasteiger partial charge >= 0.3 is 6.18 Å². The highest BCUT2D eigenvalue weighted by atomic mass is 19.4. The first-order chi connectivity index (χ1) is 7.78. The van der Waals surface area contributed by atoms with E-state index >= 15 is 0 Å². The molecule has 0 saturated carbocycles. The molecule has 0 aliphatic carbocycles. The minimum absolute atomic E-state index is 0.106. The van der Waals surface area contributed by atoms with Crippen LogP contribution in [0.4, 0.5) is 13.2 Å². The zero-order valence-electron chi connectivity index (χ0n) is 9.67. The SMILES string of the molecule is CC1CC(N)CN(C(=O)COCC(F)(F)F)C1. The van der Waals surface area contributed by atoms with Gasteiger partial charge in [0.05, 0.1) is 0 Å². The third kappa shape index (κ3) is 5.36. The third-order valence-electron chi connectivity index (χ3n) is 2.54. The molecular weight excluding hydrogens is 237 g/mol. The number of carbonyl (C=O) groups excluding carboxylic acids is 1. The van der Waals surface area contributed by atoms with Crippen LogP contribution in [-0.2, 0) is 9.53 Å². The number of halogens is 3. The fourth-order valence-electron chi connectivity index (χ4n) is 1.95. The van der Waals surface area contributed by atoms with Gasteiger partial charge in [0.2, 0.25) is 5.91 Å². The predicted octanol–water partition coefficient (Wildman–Crippen LogP) is 0.761. The molecule has 1 saturated heterocycles. The molecule has 0 aromatic rings. The Hall–Kier alpha value is -0.820. The second kappa shape index (κ2) is 5.68. The first-order valence-corrected chi connectivity index (χ1v) is 5.46. The van der Waals surface area contributed by atoms with E-state index in [2.05, 4.69) is 4.74 Å². The van der Waals surface area contributed by atoms with Gasteiger partial charge in [-0.3, -0.25) is 4.79 Å². The summed E-state index contributed by atoms with van der Waals surface area (Å²) in [5.74, 6) is -0.165. The van der Waals surface area contributed by atoms with E-state index in [1.54, 1.807) is 0 Å². The monoisotopic (exact) mass is 254 g/mol. The molecule has 1 heterocycles. The largest absolute Gasteiger partial charge is 0.411 e. The Kier molecular flexibility index (Phi) is 4.76. The minimum Gasteiger partial charge on any atom is -0.362 e. The van der Waals surface area contributed by atoms with E-state index in [-0.39, 0.29) is 12.0 Å². The molecule has 0 aromatic heterocycles. The molecule has 0 aromatic carbocycles. The quantitative estimate of drug-likeness (QED) is 0.809. The van der Waals surface area contributed by atoms with Gasteiger partial charge < -0.3 is 15.4 Å². The number of ether oxygens (including phenoxy) is 1. The van der Waals surface area contributed by atoms with Crippen LogP contribution in [0.1, 0.15) is 13.3 Å². The van der Waals surface area contributed by atoms with Crippen molar-refractivity contribution < 1.29 is 22.7 Å². The molecule has 7 heteroatoms. The van der Waals surface area contributed by atoms with Gasteiger partial charge in [0.25, 0.3) is 0 Å². The summed E-state index contributed by atoms with van der Waals surface area (Å²) in [7, 11) is 0. The zero-order valence-corrected chi connectivity index (χ0v) is 9.67. The highest BCUT2D eigenvalue weighted by molar-refractivity contribution is 5.77. The van der Waals surface area contributed by atoms with Crippen molar-refractivity contribution >= 4 is 5.91 Å². The smallest absolute Gasteiger partial charge is 0.362 e. The van der Waals surface area contributed by atoms with Crippen molar-refractivity contribution in [1.29, 1.82) is 0 Å². The summed E-state index contributed by atoms with van der Waals surface area (Å²) in [6.45, 7) is 0.934. The maximum atomic E-state index is 11.8. The number of rotatable bonds is 3. The molecule has 1 aliphatic heterocycles. The van der Waals surface area contributed by atoms with Crippen molar-refractivity contribution in [1.82, 2.24) is 4.90 Å². The molecule has 1 aliphatic rings. The second-order valence-electron chi connectivity index (χ2n) is 4.51. The van der Waals surface area contributed by atoms with Crippen molar-refractivity contribution in [2.45, 2.75) is 25.6 Å². The highest BCUT2D eigenvalue weighted by Gasteiger charge is 2.29. The van der Waals surface area contributed by atoms with Crippen LogP contribution >= 0.6 is 0 Å².